The fourth-order valence-corrected chi connectivity index (χ4v) is 3.23. The summed E-state index contributed by atoms with van der Waals surface area (Å²) in [5, 5.41) is 5.44. The zero-order valence-corrected chi connectivity index (χ0v) is 10.8. The van der Waals surface area contributed by atoms with Crippen LogP contribution in [0.4, 0.5) is 0 Å². The lowest BCUT2D eigenvalue weighted by molar-refractivity contribution is 0.645. The van der Waals surface area contributed by atoms with E-state index in [1.807, 2.05) is 25.5 Å². The van der Waals surface area contributed by atoms with Gasteiger partial charge in [-0.15, -0.1) is 11.3 Å². The van der Waals surface area contributed by atoms with E-state index in [0.717, 1.165) is 5.56 Å². The molecule has 4 nitrogen and oxygen atoms in total. The van der Waals surface area contributed by atoms with Crippen molar-refractivity contribution < 1.29 is 0 Å². The Labute approximate surface area is 109 Å². The first-order chi connectivity index (χ1) is 8.78. The standard InChI is InChI=1S/C13H14N4S/c1-17-8-10(7-15-17)13(16-14)12-6-9-4-2-3-5-11(9)18-12/h2-8,13,16H,14H2,1H3. The van der Waals surface area contributed by atoms with Gasteiger partial charge in [-0.25, -0.2) is 5.43 Å². The van der Waals surface area contributed by atoms with Crippen molar-refractivity contribution >= 4 is 21.4 Å². The molecule has 2 heterocycles. The number of hydrazine groups is 1. The van der Waals surface area contributed by atoms with Gasteiger partial charge in [-0.1, -0.05) is 18.2 Å². The molecular weight excluding hydrogens is 244 g/mol. The molecule has 0 saturated heterocycles. The van der Waals surface area contributed by atoms with E-state index >= 15 is 0 Å². The highest BCUT2D eigenvalue weighted by atomic mass is 32.1. The minimum atomic E-state index is -0.00361. The Morgan fingerprint density at radius 1 is 1.39 bits per heavy atom. The molecule has 0 fully saturated rings. The van der Waals surface area contributed by atoms with E-state index in [2.05, 4.69) is 34.8 Å². The number of fused-ring (bicyclic) bond motifs is 1. The summed E-state index contributed by atoms with van der Waals surface area (Å²) in [7, 11) is 1.90. The molecule has 0 saturated carbocycles. The quantitative estimate of drug-likeness (QED) is 0.559. The van der Waals surface area contributed by atoms with Gasteiger partial charge in [-0.05, 0) is 17.5 Å². The predicted octanol–water partition coefficient (Wildman–Crippen LogP) is 2.19. The number of rotatable bonds is 3. The van der Waals surface area contributed by atoms with Gasteiger partial charge in [-0.2, -0.15) is 5.10 Å². The van der Waals surface area contributed by atoms with Crippen LogP contribution in [0, 0.1) is 0 Å². The third-order valence-corrected chi connectivity index (χ3v) is 4.13. The van der Waals surface area contributed by atoms with Crippen LogP contribution in [0.1, 0.15) is 16.5 Å². The molecule has 3 rings (SSSR count). The van der Waals surface area contributed by atoms with Crippen molar-refractivity contribution in [1.29, 1.82) is 0 Å². The maximum absolute atomic E-state index is 5.69. The van der Waals surface area contributed by atoms with E-state index in [-0.39, 0.29) is 6.04 Å². The van der Waals surface area contributed by atoms with Crippen LogP contribution in [0.3, 0.4) is 0 Å². The monoisotopic (exact) mass is 258 g/mol. The van der Waals surface area contributed by atoms with E-state index in [9.17, 15) is 0 Å². The fourth-order valence-electron chi connectivity index (χ4n) is 2.08. The van der Waals surface area contributed by atoms with Crippen LogP contribution in [-0.2, 0) is 7.05 Å². The maximum atomic E-state index is 5.69. The van der Waals surface area contributed by atoms with Gasteiger partial charge in [0.15, 0.2) is 0 Å². The van der Waals surface area contributed by atoms with Crippen molar-refractivity contribution in [1.82, 2.24) is 15.2 Å². The SMILES string of the molecule is Cn1cc(C(NN)c2cc3ccccc3s2)cn1. The summed E-state index contributed by atoms with van der Waals surface area (Å²) >= 11 is 1.75. The van der Waals surface area contributed by atoms with Crippen molar-refractivity contribution in [2.45, 2.75) is 6.04 Å². The molecule has 3 N–H and O–H groups in total. The summed E-state index contributed by atoms with van der Waals surface area (Å²) in [5.74, 6) is 5.69. The molecule has 1 aromatic carbocycles. The summed E-state index contributed by atoms with van der Waals surface area (Å²) in [6.07, 6.45) is 3.82. The number of hydrogen-bond acceptors (Lipinski definition) is 4. The summed E-state index contributed by atoms with van der Waals surface area (Å²) in [5.41, 5.74) is 3.94. The number of nitrogens with two attached hydrogens (primary N) is 1. The molecule has 1 atom stereocenters. The second kappa shape index (κ2) is 4.53. The highest BCUT2D eigenvalue weighted by Crippen LogP contribution is 2.32. The van der Waals surface area contributed by atoms with E-state index in [1.54, 1.807) is 16.0 Å². The molecule has 1 unspecified atom stereocenters. The second-order valence-corrected chi connectivity index (χ2v) is 5.35. The van der Waals surface area contributed by atoms with Crippen molar-refractivity contribution in [2.24, 2.45) is 12.9 Å². The number of nitrogens with zero attached hydrogens (tertiary/aromatic N) is 2. The van der Waals surface area contributed by atoms with Crippen LogP contribution in [-0.4, -0.2) is 9.78 Å². The first-order valence-corrected chi connectivity index (χ1v) is 6.53. The Hall–Kier alpha value is -1.69. The minimum Gasteiger partial charge on any atom is -0.275 e. The van der Waals surface area contributed by atoms with Crippen LogP contribution >= 0.6 is 11.3 Å². The molecule has 0 aliphatic rings. The van der Waals surface area contributed by atoms with E-state index < -0.39 is 0 Å². The Morgan fingerprint density at radius 3 is 2.89 bits per heavy atom. The summed E-state index contributed by atoms with van der Waals surface area (Å²) in [6, 6.07) is 10.5. The van der Waals surface area contributed by atoms with Gasteiger partial charge >= 0.3 is 0 Å². The largest absolute Gasteiger partial charge is 0.275 e. The zero-order valence-electron chi connectivity index (χ0n) is 10.00. The maximum Gasteiger partial charge on any atom is 0.0833 e. The summed E-state index contributed by atoms with van der Waals surface area (Å²) in [6.45, 7) is 0. The third kappa shape index (κ3) is 1.92. The molecule has 2 aromatic heterocycles. The second-order valence-electron chi connectivity index (χ2n) is 4.23. The molecule has 18 heavy (non-hydrogen) atoms. The van der Waals surface area contributed by atoms with Gasteiger partial charge < -0.3 is 0 Å². The van der Waals surface area contributed by atoms with Gasteiger partial charge in [0.1, 0.15) is 0 Å². The van der Waals surface area contributed by atoms with Crippen LogP contribution in [0.15, 0.2) is 42.7 Å². The first kappa shape index (κ1) is 11.4. The molecule has 0 bridgehead atoms. The lowest BCUT2D eigenvalue weighted by atomic mass is 10.1. The Bertz CT molecular complexity index is 637. The predicted molar refractivity (Wildman–Crippen MR) is 74.2 cm³/mol. The lowest BCUT2D eigenvalue weighted by Crippen LogP contribution is -2.27. The van der Waals surface area contributed by atoms with Crippen molar-refractivity contribution in [2.75, 3.05) is 0 Å². The molecule has 0 aliphatic carbocycles. The average Bonchev–Trinajstić information content (AvgIpc) is 2.96. The molecule has 0 amide bonds. The molecule has 92 valence electrons. The number of aryl methyl sites for hydroxylation is 1. The van der Waals surface area contributed by atoms with Crippen molar-refractivity contribution in [3.63, 3.8) is 0 Å². The highest BCUT2D eigenvalue weighted by molar-refractivity contribution is 7.19. The van der Waals surface area contributed by atoms with Crippen LogP contribution < -0.4 is 11.3 Å². The van der Waals surface area contributed by atoms with Gasteiger partial charge in [0.2, 0.25) is 0 Å². The number of benzene rings is 1. The summed E-state index contributed by atoms with van der Waals surface area (Å²) < 4.78 is 3.06. The van der Waals surface area contributed by atoms with E-state index in [0.29, 0.717) is 0 Å². The van der Waals surface area contributed by atoms with Gasteiger partial charge in [0.05, 0.1) is 12.2 Å². The fraction of sp³-hybridized carbons (Fsp3) is 0.154. The van der Waals surface area contributed by atoms with Gasteiger partial charge in [0.25, 0.3) is 0 Å². The Balaban J connectivity index is 2.05. The first-order valence-electron chi connectivity index (χ1n) is 5.71. The molecule has 5 heteroatoms. The normalized spacial score (nSPS) is 13.0. The average molecular weight is 258 g/mol. The lowest BCUT2D eigenvalue weighted by Gasteiger charge is -2.11. The van der Waals surface area contributed by atoms with E-state index in [1.165, 1.54) is 15.0 Å². The summed E-state index contributed by atoms with van der Waals surface area (Å²) in [4.78, 5) is 1.20. The van der Waals surface area contributed by atoms with Crippen LogP contribution in [0.5, 0.6) is 0 Å². The third-order valence-electron chi connectivity index (χ3n) is 2.95. The van der Waals surface area contributed by atoms with Crippen molar-refractivity contribution in [3.8, 4) is 0 Å². The van der Waals surface area contributed by atoms with Gasteiger partial charge in [0, 0.05) is 28.4 Å². The number of hydrogen-bond donors (Lipinski definition) is 2. The smallest absolute Gasteiger partial charge is 0.0833 e. The molecule has 0 spiro atoms. The van der Waals surface area contributed by atoms with Gasteiger partial charge in [-0.3, -0.25) is 10.5 Å². The molecular formula is C13H14N4S. The molecule has 3 aromatic rings. The zero-order chi connectivity index (χ0) is 12.5. The molecule has 0 radical (unpaired) electrons. The van der Waals surface area contributed by atoms with E-state index in [4.69, 9.17) is 5.84 Å². The number of aromatic nitrogens is 2. The van der Waals surface area contributed by atoms with Crippen LogP contribution in [0.2, 0.25) is 0 Å². The minimum absolute atomic E-state index is 0.00361. The van der Waals surface area contributed by atoms with Crippen molar-refractivity contribution in [3.05, 3.63) is 53.2 Å². The Kier molecular flexibility index (Phi) is 2.87. The number of thiophene rings is 1. The Morgan fingerprint density at radius 2 is 2.22 bits per heavy atom. The topological polar surface area (TPSA) is 55.9 Å². The highest BCUT2D eigenvalue weighted by Gasteiger charge is 2.16. The number of nitrogens with one attached hydrogen (secondary N) is 1. The molecule has 0 aliphatic heterocycles. The van der Waals surface area contributed by atoms with Crippen LogP contribution in [0.25, 0.3) is 10.1 Å².